The molecule has 0 aliphatic heterocycles. The summed E-state index contributed by atoms with van der Waals surface area (Å²) in [5, 5.41) is 13.7. The van der Waals surface area contributed by atoms with Crippen molar-refractivity contribution >= 4 is 0 Å². The first-order valence-corrected chi connectivity index (χ1v) is 12.0. The maximum absolute atomic E-state index is 9.89. The third kappa shape index (κ3) is 7.45. The SMILES string of the molecule is CCCC(C#N)C(C)(Cc1ccc(C(C)(C)C)cc1)NCCCC1CCCCC1. The van der Waals surface area contributed by atoms with E-state index in [1.807, 2.05) is 0 Å². The van der Waals surface area contributed by atoms with Crippen LogP contribution in [0.3, 0.4) is 0 Å². The molecule has 0 amide bonds. The van der Waals surface area contributed by atoms with Crippen LogP contribution in [0.5, 0.6) is 0 Å². The van der Waals surface area contributed by atoms with Crippen molar-refractivity contribution in [1.82, 2.24) is 5.32 Å². The molecule has 2 atom stereocenters. The topological polar surface area (TPSA) is 35.8 Å². The predicted molar refractivity (Wildman–Crippen MR) is 125 cm³/mol. The second-order valence-electron chi connectivity index (χ2n) is 10.6. The van der Waals surface area contributed by atoms with Crippen molar-refractivity contribution in [3.8, 4) is 6.07 Å². The molecular weight excluding hydrogens is 352 g/mol. The number of nitrogens with zero attached hydrogens (tertiary/aromatic N) is 1. The van der Waals surface area contributed by atoms with Gasteiger partial charge in [0, 0.05) is 5.54 Å². The number of rotatable bonds is 10. The Labute approximate surface area is 180 Å². The third-order valence-corrected chi connectivity index (χ3v) is 6.94. The third-order valence-electron chi connectivity index (χ3n) is 6.94. The van der Waals surface area contributed by atoms with Crippen LogP contribution >= 0.6 is 0 Å². The summed E-state index contributed by atoms with van der Waals surface area (Å²) in [4.78, 5) is 0. The molecule has 1 saturated carbocycles. The Morgan fingerprint density at radius 2 is 1.72 bits per heavy atom. The number of nitrogens with one attached hydrogen (secondary N) is 1. The fourth-order valence-electron chi connectivity index (χ4n) is 4.91. The van der Waals surface area contributed by atoms with Crippen molar-refractivity contribution in [2.24, 2.45) is 11.8 Å². The van der Waals surface area contributed by atoms with Gasteiger partial charge in [-0.05, 0) is 61.6 Å². The molecular formula is C27H44N2. The van der Waals surface area contributed by atoms with E-state index in [2.05, 4.69) is 70.3 Å². The van der Waals surface area contributed by atoms with Crippen molar-refractivity contribution in [3.63, 3.8) is 0 Å². The number of hydrogen-bond acceptors (Lipinski definition) is 2. The Morgan fingerprint density at radius 1 is 1.07 bits per heavy atom. The van der Waals surface area contributed by atoms with Crippen LogP contribution in [0.1, 0.15) is 104 Å². The first-order chi connectivity index (χ1) is 13.8. The van der Waals surface area contributed by atoms with Gasteiger partial charge in [0.25, 0.3) is 0 Å². The standard InChI is InChI=1S/C27H44N2/c1-6-11-25(21-28)27(5,29-19-10-14-22-12-8-7-9-13-22)20-23-15-17-24(18-16-23)26(2,3)4/h15-18,22,25,29H,6-14,19-20H2,1-5H3. The Hall–Kier alpha value is -1.33. The lowest BCUT2D eigenvalue weighted by Gasteiger charge is -2.36. The zero-order valence-corrected chi connectivity index (χ0v) is 19.7. The summed E-state index contributed by atoms with van der Waals surface area (Å²) >= 11 is 0. The van der Waals surface area contributed by atoms with Crippen LogP contribution in [-0.4, -0.2) is 12.1 Å². The van der Waals surface area contributed by atoms with Crippen molar-refractivity contribution in [2.45, 2.75) is 110 Å². The second-order valence-corrected chi connectivity index (χ2v) is 10.6. The molecule has 1 aliphatic rings. The van der Waals surface area contributed by atoms with E-state index >= 15 is 0 Å². The largest absolute Gasteiger partial charge is 0.310 e. The van der Waals surface area contributed by atoms with E-state index < -0.39 is 0 Å². The van der Waals surface area contributed by atoms with E-state index in [1.165, 1.54) is 56.1 Å². The maximum Gasteiger partial charge on any atom is 0.0675 e. The van der Waals surface area contributed by atoms with Crippen molar-refractivity contribution in [1.29, 1.82) is 5.26 Å². The Bertz CT molecular complexity index is 628. The Kier molecular flexibility index (Phi) is 9.22. The highest BCUT2D eigenvalue weighted by Crippen LogP contribution is 2.30. The van der Waals surface area contributed by atoms with E-state index in [1.54, 1.807) is 0 Å². The van der Waals surface area contributed by atoms with E-state index in [9.17, 15) is 5.26 Å². The van der Waals surface area contributed by atoms with Crippen molar-refractivity contribution in [3.05, 3.63) is 35.4 Å². The van der Waals surface area contributed by atoms with Gasteiger partial charge in [-0.15, -0.1) is 0 Å². The molecule has 2 nitrogen and oxygen atoms in total. The Morgan fingerprint density at radius 3 is 2.28 bits per heavy atom. The first kappa shape index (κ1) is 23.9. The van der Waals surface area contributed by atoms with Gasteiger partial charge < -0.3 is 5.32 Å². The van der Waals surface area contributed by atoms with Crippen LogP contribution in [0.4, 0.5) is 0 Å². The molecule has 1 N–H and O–H groups in total. The molecule has 0 radical (unpaired) electrons. The van der Waals surface area contributed by atoms with E-state index in [0.717, 1.165) is 31.7 Å². The molecule has 0 bridgehead atoms. The highest BCUT2D eigenvalue weighted by atomic mass is 15.0. The minimum atomic E-state index is -0.166. The predicted octanol–water partition coefficient (Wildman–Crippen LogP) is 7.18. The Balaban J connectivity index is 2.01. The van der Waals surface area contributed by atoms with Gasteiger partial charge in [0.05, 0.1) is 12.0 Å². The van der Waals surface area contributed by atoms with Gasteiger partial charge in [-0.25, -0.2) is 0 Å². The quantitative estimate of drug-likeness (QED) is 0.425. The normalized spacial score (nSPS) is 18.8. The molecule has 1 aliphatic carbocycles. The monoisotopic (exact) mass is 396 g/mol. The van der Waals surface area contributed by atoms with Gasteiger partial charge in [0.2, 0.25) is 0 Å². The number of benzene rings is 1. The zero-order valence-electron chi connectivity index (χ0n) is 19.7. The number of nitriles is 1. The molecule has 0 aromatic heterocycles. The molecule has 0 saturated heterocycles. The van der Waals surface area contributed by atoms with E-state index in [-0.39, 0.29) is 16.9 Å². The molecule has 2 heteroatoms. The minimum Gasteiger partial charge on any atom is -0.310 e. The van der Waals surface area contributed by atoms with Gasteiger partial charge in [-0.3, -0.25) is 0 Å². The highest BCUT2D eigenvalue weighted by molar-refractivity contribution is 5.29. The molecule has 1 aromatic rings. The summed E-state index contributed by atoms with van der Waals surface area (Å²) in [7, 11) is 0. The van der Waals surface area contributed by atoms with E-state index in [4.69, 9.17) is 0 Å². The average molecular weight is 397 g/mol. The summed E-state index contributed by atoms with van der Waals surface area (Å²) in [5.41, 5.74) is 2.71. The van der Waals surface area contributed by atoms with E-state index in [0.29, 0.717) is 0 Å². The second kappa shape index (κ2) is 11.2. The van der Waals surface area contributed by atoms with Crippen LogP contribution in [0.2, 0.25) is 0 Å². The molecule has 1 fully saturated rings. The fourth-order valence-corrected chi connectivity index (χ4v) is 4.91. The first-order valence-electron chi connectivity index (χ1n) is 12.0. The van der Waals surface area contributed by atoms with Gasteiger partial charge in [-0.2, -0.15) is 5.26 Å². The lowest BCUT2D eigenvalue weighted by Crippen LogP contribution is -2.50. The van der Waals surface area contributed by atoms with Crippen LogP contribution in [0.15, 0.2) is 24.3 Å². The van der Waals surface area contributed by atoms with Crippen LogP contribution in [-0.2, 0) is 11.8 Å². The zero-order chi connectivity index (χ0) is 21.3. The average Bonchev–Trinajstić information content (AvgIpc) is 2.70. The summed E-state index contributed by atoms with van der Waals surface area (Å²) in [6.07, 6.45) is 12.6. The maximum atomic E-state index is 9.89. The van der Waals surface area contributed by atoms with Crippen molar-refractivity contribution < 1.29 is 0 Å². The van der Waals surface area contributed by atoms with Gasteiger partial charge >= 0.3 is 0 Å². The van der Waals surface area contributed by atoms with Crippen LogP contribution < -0.4 is 5.32 Å². The summed E-state index contributed by atoms with van der Waals surface area (Å²) < 4.78 is 0. The lowest BCUT2D eigenvalue weighted by atomic mass is 9.78. The van der Waals surface area contributed by atoms with Crippen molar-refractivity contribution in [2.75, 3.05) is 6.54 Å². The minimum absolute atomic E-state index is 0.0458. The molecule has 0 spiro atoms. The molecule has 29 heavy (non-hydrogen) atoms. The van der Waals surface area contributed by atoms with Gasteiger partial charge in [-0.1, -0.05) is 90.5 Å². The molecule has 1 aromatic carbocycles. The summed E-state index contributed by atoms with van der Waals surface area (Å²) in [6, 6.07) is 11.7. The smallest absolute Gasteiger partial charge is 0.0675 e. The summed E-state index contributed by atoms with van der Waals surface area (Å²) in [5.74, 6) is 0.980. The molecule has 2 rings (SSSR count). The van der Waals surface area contributed by atoms with Crippen LogP contribution in [0.25, 0.3) is 0 Å². The van der Waals surface area contributed by atoms with Gasteiger partial charge in [0.1, 0.15) is 0 Å². The summed E-state index contributed by atoms with van der Waals surface area (Å²) in [6.45, 7) is 12.3. The molecule has 162 valence electrons. The number of hydrogen-bond donors (Lipinski definition) is 1. The molecule has 0 heterocycles. The fraction of sp³-hybridized carbons (Fsp3) is 0.741. The highest BCUT2D eigenvalue weighted by Gasteiger charge is 2.33. The lowest BCUT2D eigenvalue weighted by molar-refractivity contribution is 0.251. The molecule has 2 unspecified atom stereocenters. The van der Waals surface area contributed by atoms with Crippen LogP contribution in [0, 0.1) is 23.2 Å². The van der Waals surface area contributed by atoms with Gasteiger partial charge in [0.15, 0.2) is 0 Å².